The van der Waals surface area contributed by atoms with Gasteiger partial charge < -0.3 is 15.4 Å². The summed E-state index contributed by atoms with van der Waals surface area (Å²) in [7, 11) is 1.63. The van der Waals surface area contributed by atoms with Crippen molar-refractivity contribution in [1.82, 2.24) is 9.97 Å². The van der Waals surface area contributed by atoms with E-state index in [0.717, 1.165) is 31.2 Å². The van der Waals surface area contributed by atoms with Gasteiger partial charge in [-0.15, -0.1) is 0 Å². The Hall–Kier alpha value is -1.36. The van der Waals surface area contributed by atoms with E-state index in [2.05, 4.69) is 21.8 Å². The zero-order chi connectivity index (χ0) is 13.1. The SMILES string of the molecule is COc1cc(C)nc(N2CCCC(C(C)N)C2)n1. The standard InChI is InChI=1S/C13H22N4O/c1-9-7-12(18-3)16-13(15-9)17-6-4-5-11(8-17)10(2)14/h7,10-11H,4-6,8,14H2,1-3H3. The number of ether oxygens (including phenoxy) is 1. The van der Waals surface area contributed by atoms with Crippen molar-refractivity contribution in [1.29, 1.82) is 0 Å². The van der Waals surface area contributed by atoms with Crippen LogP contribution in [-0.2, 0) is 0 Å². The van der Waals surface area contributed by atoms with Crippen LogP contribution in [0.1, 0.15) is 25.5 Å². The molecule has 1 saturated heterocycles. The van der Waals surface area contributed by atoms with Crippen molar-refractivity contribution >= 4 is 5.95 Å². The minimum absolute atomic E-state index is 0.222. The van der Waals surface area contributed by atoms with Crippen molar-refractivity contribution < 1.29 is 4.74 Å². The highest BCUT2D eigenvalue weighted by molar-refractivity contribution is 5.35. The van der Waals surface area contributed by atoms with Crippen molar-refractivity contribution in [3.8, 4) is 5.88 Å². The van der Waals surface area contributed by atoms with Crippen LogP contribution in [0.2, 0.25) is 0 Å². The van der Waals surface area contributed by atoms with E-state index in [9.17, 15) is 0 Å². The number of methoxy groups -OCH3 is 1. The Bertz CT molecular complexity index is 408. The summed E-state index contributed by atoms with van der Waals surface area (Å²) in [4.78, 5) is 11.1. The van der Waals surface area contributed by atoms with Crippen molar-refractivity contribution in [2.75, 3.05) is 25.1 Å². The molecule has 18 heavy (non-hydrogen) atoms. The lowest BCUT2D eigenvalue weighted by molar-refractivity contribution is 0.358. The average molecular weight is 250 g/mol. The van der Waals surface area contributed by atoms with Crippen molar-refractivity contribution in [3.63, 3.8) is 0 Å². The van der Waals surface area contributed by atoms with Gasteiger partial charge in [-0.3, -0.25) is 0 Å². The topological polar surface area (TPSA) is 64.3 Å². The van der Waals surface area contributed by atoms with Crippen LogP contribution in [-0.4, -0.2) is 36.2 Å². The monoisotopic (exact) mass is 250 g/mol. The quantitative estimate of drug-likeness (QED) is 0.877. The predicted octanol–water partition coefficient (Wildman–Crippen LogP) is 1.36. The minimum atomic E-state index is 0.222. The van der Waals surface area contributed by atoms with Gasteiger partial charge >= 0.3 is 0 Å². The van der Waals surface area contributed by atoms with Gasteiger partial charge in [0.25, 0.3) is 0 Å². The Balaban J connectivity index is 2.17. The molecule has 2 rings (SSSR count). The molecule has 5 heteroatoms. The summed E-state index contributed by atoms with van der Waals surface area (Å²) in [5.74, 6) is 1.91. The second-order valence-corrected chi connectivity index (χ2v) is 5.06. The number of nitrogens with zero attached hydrogens (tertiary/aromatic N) is 3. The number of hydrogen-bond donors (Lipinski definition) is 1. The lowest BCUT2D eigenvalue weighted by Gasteiger charge is -2.34. The highest BCUT2D eigenvalue weighted by Crippen LogP contribution is 2.23. The maximum atomic E-state index is 6.00. The fourth-order valence-corrected chi connectivity index (χ4v) is 2.39. The molecule has 1 aromatic heterocycles. The van der Waals surface area contributed by atoms with E-state index in [1.165, 1.54) is 6.42 Å². The van der Waals surface area contributed by atoms with Crippen LogP contribution < -0.4 is 15.4 Å². The van der Waals surface area contributed by atoms with Crippen LogP contribution in [0.15, 0.2) is 6.07 Å². The third-order valence-electron chi connectivity index (χ3n) is 3.51. The molecule has 5 nitrogen and oxygen atoms in total. The van der Waals surface area contributed by atoms with Gasteiger partial charge in [0.2, 0.25) is 11.8 Å². The zero-order valence-corrected chi connectivity index (χ0v) is 11.4. The van der Waals surface area contributed by atoms with Gasteiger partial charge in [0.05, 0.1) is 7.11 Å². The fourth-order valence-electron chi connectivity index (χ4n) is 2.39. The van der Waals surface area contributed by atoms with Gasteiger partial charge in [0.1, 0.15) is 0 Å². The molecule has 0 amide bonds. The first-order chi connectivity index (χ1) is 8.60. The molecule has 1 fully saturated rings. The highest BCUT2D eigenvalue weighted by Gasteiger charge is 2.24. The van der Waals surface area contributed by atoms with Gasteiger partial charge in [-0.2, -0.15) is 4.98 Å². The van der Waals surface area contributed by atoms with Crippen molar-refractivity contribution in [2.24, 2.45) is 11.7 Å². The molecule has 1 aliphatic heterocycles. The summed E-state index contributed by atoms with van der Waals surface area (Å²) >= 11 is 0. The number of anilines is 1. The second-order valence-electron chi connectivity index (χ2n) is 5.06. The first-order valence-electron chi connectivity index (χ1n) is 6.50. The summed E-state index contributed by atoms with van der Waals surface area (Å²) in [6.45, 7) is 5.96. The normalized spacial score (nSPS) is 21.8. The third kappa shape index (κ3) is 2.90. The summed E-state index contributed by atoms with van der Waals surface area (Å²) < 4.78 is 5.20. The number of aromatic nitrogens is 2. The Labute approximate surface area is 108 Å². The molecule has 0 bridgehead atoms. The number of piperidine rings is 1. The van der Waals surface area contributed by atoms with Gasteiger partial charge in [0.15, 0.2) is 0 Å². The van der Waals surface area contributed by atoms with Gasteiger partial charge in [-0.1, -0.05) is 0 Å². The first-order valence-corrected chi connectivity index (χ1v) is 6.50. The summed E-state index contributed by atoms with van der Waals surface area (Å²) in [5.41, 5.74) is 6.93. The first kappa shape index (κ1) is 13.1. The molecule has 100 valence electrons. The molecule has 1 aliphatic rings. The maximum absolute atomic E-state index is 6.00. The molecule has 0 aromatic carbocycles. The van der Waals surface area contributed by atoms with Crippen LogP contribution in [0.5, 0.6) is 5.88 Å². The lowest BCUT2D eigenvalue weighted by Crippen LogP contribution is -2.43. The van der Waals surface area contributed by atoms with Crippen LogP contribution >= 0.6 is 0 Å². The summed E-state index contributed by atoms with van der Waals surface area (Å²) in [6.07, 6.45) is 2.34. The molecular formula is C13H22N4O. The molecule has 2 atom stereocenters. The zero-order valence-electron chi connectivity index (χ0n) is 11.4. The molecule has 0 spiro atoms. The maximum Gasteiger partial charge on any atom is 0.228 e. The van der Waals surface area contributed by atoms with Crippen molar-refractivity contribution in [3.05, 3.63) is 11.8 Å². The molecule has 0 radical (unpaired) electrons. The Morgan fingerprint density at radius 2 is 2.28 bits per heavy atom. The Morgan fingerprint density at radius 1 is 1.50 bits per heavy atom. The van der Waals surface area contributed by atoms with E-state index in [0.29, 0.717) is 11.8 Å². The number of aryl methyl sites for hydroxylation is 1. The van der Waals surface area contributed by atoms with Gasteiger partial charge in [-0.05, 0) is 32.6 Å². The highest BCUT2D eigenvalue weighted by atomic mass is 16.5. The molecule has 0 aliphatic carbocycles. The van der Waals surface area contributed by atoms with Crippen LogP contribution in [0, 0.1) is 12.8 Å². The third-order valence-corrected chi connectivity index (χ3v) is 3.51. The van der Waals surface area contributed by atoms with Crippen LogP contribution in [0.25, 0.3) is 0 Å². The lowest BCUT2D eigenvalue weighted by atomic mass is 9.92. The number of hydrogen-bond acceptors (Lipinski definition) is 5. The molecule has 2 heterocycles. The van der Waals surface area contributed by atoms with Gasteiger partial charge in [0, 0.05) is 30.9 Å². The summed E-state index contributed by atoms with van der Waals surface area (Å²) in [5, 5.41) is 0. The second kappa shape index (κ2) is 5.52. The minimum Gasteiger partial charge on any atom is -0.481 e. The predicted molar refractivity (Wildman–Crippen MR) is 71.9 cm³/mol. The van der Waals surface area contributed by atoms with E-state index < -0.39 is 0 Å². The van der Waals surface area contributed by atoms with E-state index in [4.69, 9.17) is 10.5 Å². The molecule has 2 N–H and O–H groups in total. The summed E-state index contributed by atoms with van der Waals surface area (Å²) in [6, 6.07) is 2.07. The van der Waals surface area contributed by atoms with E-state index >= 15 is 0 Å². The fraction of sp³-hybridized carbons (Fsp3) is 0.692. The molecule has 1 aromatic rings. The Kier molecular flexibility index (Phi) is 4.01. The largest absolute Gasteiger partial charge is 0.481 e. The number of nitrogens with two attached hydrogens (primary N) is 1. The molecular weight excluding hydrogens is 228 g/mol. The average Bonchev–Trinajstić information content (AvgIpc) is 2.38. The number of rotatable bonds is 3. The molecule has 2 unspecified atom stereocenters. The van der Waals surface area contributed by atoms with Crippen molar-refractivity contribution in [2.45, 2.75) is 32.7 Å². The van der Waals surface area contributed by atoms with Gasteiger partial charge in [-0.25, -0.2) is 4.98 Å². The van der Waals surface area contributed by atoms with E-state index in [1.54, 1.807) is 7.11 Å². The van der Waals surface area contributed by atoms with Crippen LogP contribution in [0.4, 0.5) is 5.95 Å². The Morgan fingerprint density at radius 3 is 2.94 bits per heavy atom. The van der Waals surface area contributed by atoms with Crippen LogP contribution in [0.3, 0.4) is 0 Å². The van der Waals surface area contributed by atoms with E-state index in [1.807, 2.05) is 13.0 Å². The molecule has 0 saturated carbocycles. The smallest absolute Gasteiger partial charge is 0.228 e. The van der Waals surface area contributed by atoms with E-state index in [-0.39, 0.29) is 6.04 Å².